The molecule has 0 bridgehead atoms. The molecule has 0 aliphatic carbocycles. The van der Waals surface area contributed by atoms with Gasteiger partial charge in [0.25, 0.3) is 0 Å². The van der Waals surface area contributed by atoms with Gasteiger partial charge in [-0.3, -0.25) is 0 Å². The summed E-state index contributed by atoms with van der Waals surface area (Å²) in [4.78, 5) is 4.60. The van der Waals surface area contributed by atoms with Gasteiger partial charge in [-0.1, -0.05) is 18.0 Å². The summed E-state index contributed by atoms with van der Waals surface area (Å²) in [5, 5.41) is 7.67. The highest BCUT2D eigenvalue weighted by Gasteiger charge is 2.25. The molecule has 0 amide bonds. The van der Waals surface area contributed by atoms with Gasteiger partial charge in [0.2, 0.25) is 5.89 Å². The zero-order valence-corrected chi connectivity index (χ0v) is 10.7. The largest absolute Gasteiger partial charge is 0.381 e. The molecule has 2 aliphatic rings. The molecule has 3 rings (SSSR count). The van der Waals surface area contributed by atoms with Crippen molar-refractivity contribution in [1.82, 2.24) is 15.5 Å². The maximum Gasteiger partial charge on any atom is 0.229 e. The Morgan fingerprint density at radius 1 is 1.06 bits per heavy atom. The van der Waals surface area contributed by atoms with Gasteiger partial charge in [-0.05, 0) is 32.2 Å². The summed E-state index contributed by atoms with van der Waals surface area (Å²) in [5.74, 6) is 2.04. The molecule has 2 saturated heterocycles. The van der Waals surface area contributed by atoms with E-state index in [1.165, 1.54) is 19.3 Å². The zero-order valence-electron chi connectivity index (χ0n) is 10.7. The SMILES string of the molecule is C1CCNC(c2noc(C3CCOCC3)n2)CC1. The Labute approximate surface area is 107 Å². The quantitative estimate of drug-likeness (QED) is 0.873. The highest BCUT2D eigenvalue weighted by molar-refractivity contribution is 4.99. The summed E-state index contributed by atoms with van der Waals surface area (Å²) >= 11 is 0. The van der Waals surface area contributed by atoms with Gasteiger partial charge in [0, 0.05) is 19.1 Å². The molecule has 5 nitrogen and oxygen atoms in total. The van der Waals surface area contributed by atoms with Gasteiger partial charge in [0.05, 0.1) is 6.04 Å². The van der Waals surface area contributed by atoms with Gasteiger partial charge < -0.3 is 14.6 Å². The van der Waals surface area contributed by atoms with Crippen LogP contribution in [0, 0.1) is 0 Å². The summed E-state index contributed by atoms with van der Waals surface area (Å²) in [5.41, 5.74) is 0. The molecule has 1 atom stereocenters. The average molecular weight is 251 g/mol. The fourth-order valence-electron chi connectivity index (χ4n) is 2.75. The van der Waals surface area contributed by atoms with E-state index in [4.69, 9.17) is 9.26 Å². The number of hydrogen-bond acceptors (Lipinski definition) is 5. The lowest BCUT2D eigenvalue weighted by Gasteiger charge is -2.18. The Morgan fingerprint density at radius 3 is 2.83 bits per heavy atom. The minimum absolute atomic E-state index is 0.282. The molecule has 0 spiro atoms. The lowest BCUT2D eigenvalue weighted by atomic mass is 10.0. The molecule has 1 unspecified atom stereocenters. The predicted molar refractivity (Wildman–Crippen MR) is 66.3 cm³/mol. The molecule has 2 aliphatic heterocycles. The van der Waals surface area contributed by atoms with Gasteiger partial charge >= 0.3 is 0 Å². The molecule has 5 heteroatoms. The fraction of sp³-hybridized carbons (Fsp3) is 0.846. The van der Waals surface area contributed by atoms with Crippen LogP contribution in [0.2, 0.25) is 0 Å². The molecule has 1 N–H and O–H groups in total. The van der Waals surface area contributed by atoms with E-state index in [0.717, 1.165) is 50.7 Å². The molecule has 3 heterocycles. The lowest BCUT2D eigenvalue weighted by molar-refractivity contribution is 0.0778. The maximum absolute atomic E-state index is 5.44. The third-order valence-electron chi connectivity index (χ3n) is 3.90. The fourth-order valence-corrected chi connectivity index (χ4v) is 2.75. The Balaban J connectivity index is 1.67. The average Bonchev–Trinajstić information content (AvgIpc) is 2.76. The topological polar surface area (TPSA) is 60.2 Å². The summed E-state index contributed by atoms with van der Waals surface area (Å²) in [6, 6.07) is 0.282. The van der Waals surface area contributed by atoms with E-state index >= 15 is 0 Å². The van der Waals surface area contributed by atoms with Crippen molar-refractivity contribution in [3.05, 3.63) is 11.7 Å². The predicted octanol–water partition coefficient (Wildman–Crippen LogP) is 2.17. The third kappa shape index (κ3) is 2.72. The summed E-state index contributed by atoms with van der Waals surface area (Å²) in [6.07, 6.45) is 6.92. The number of hydrogen-bond donors (Lipinski definition) is 1. The lowest BCUT2D eigenvalue weighted by Crippen LogP contribution is -2.21. The van der Waals surface area contributed by atoms with Gasteiger partial charge in [0.1, 0.15) is 0 Å². The van der Waals surface area contributed by atoms with Crippen molar-refractivity contribution >= 4 is 0 Å². The highest BCUT2D eigenvalue weighted by atomic mass is 16.5. The molecule has 2 fully saturated rings. The van der Waals surface area contributed by atoms with Crippen LogP contribution in [0.5, 0.6) is 0 Å². The van der Waals surface area contributed by atoms with Gasteiger partial charge in [-0.2, -0.15) is 4.98 Å². The van der Waals surface area contributed by atoms with Crippen molar-refractivity contribution in [2.75, 3.05) is 19.8 Å². The molecule has 0 saturated carbocycles. The second-order valence-electron chi connectivity index (χ2n) is 5.23. The van der Waals surface area contributed by atoms with E-state index < -0.39 is 0 Å². The second-order valence-corrected chi connectivity index (χ2v) is 5.23. The highest BCUT2D eigenvalue weighted by Crippen LogP contribution is 2.27. The smallest absolute Gasteiger partial charge is 0.229 e. The van der Waals surface area contributed by atoms with Crippen molar-refractivity contribution in [1.29, 1.82) is 0 Å². The molecule has 18 heavy (non-hydrogen) atoms. The van der Waals surface area contributed by atoms with Crippen LogP contribution in [0.1, 0.15) is 62.2 Å². The first-order chi connectivity index (χ1) is 8.93. The van der Waals surface area contributed by atoms with E-state index in [2.05, 4.69) is 15.5 Å². The molecule has 0 radical (unpaired) electrons. The Bertz CT molecular complexity index is 366. The Kier molecular flexibility index (Phi) is 3.90. The molecular weight excluding hydrogens is 230 g/mol. The summed E-state index contributed by atoms with van der Waals surface area (Å²) < 4.78 is 10.8. The first-order valence-electron chi connectivity index (χ1n) is 7.08. The van der Waals surface area contributed by atoms with Crippen LogP contribution in [-0.4, -0.2) is 29.9 Å². The number of aromatic nitrogens is 2. The van der Waals surface area contributed by atoms with Gasteiger partial charge in [-0.15, -0.1) is 0 Å². The number of nitrogens with zero attached hydrogens (tertiary/aromatic N) is 2. The first-order valence-corrected chi connectivity index (χ1v) is 7.08. The summed E-state index contributed by atoms with van der Waals surface area (Å²) in [7, 11) is 0. The van der Waals surface area contributed by atoms with Crippen LogP contribution in [0.15, 0.2) is 4.52 Å². The van der Waals surface area contributed by atoms with Crippen molar-refractivity contribution in [2.45, 2.75) is 50.5 Å². The van der Waals surface area contributed by atoms with Gasteiger partial charge in [-0.25, -0.2) is 0 Å². The van der Waals surface area contributed by atoms with Crippen LogP contribution in [0.4, 0.5) is 0 Å². The second kappa shape index (κ2) is 5.80. The standard InChI is InChI=1S/C13H21N3O2/c1-2-4-11(14-7-3-1)12-15-13(18-16-12)10-5-8-17-9-6-10/h10-11,14H,1-9H2. The minimum atomic E-state index is 0.282. The van der Waals surface area contributed by atoms with Crippen molar-refractivity contribution in [2.24, 2.45) is 0 Å². The van der Waals surface area contributed by atoms with Crippen molar-refractivity contribution in [3.63, 3.8) is 0 Å². The number of nitrogens with one attached hydrogen (secondary N) is 1. The monoisotopic (exact) mass is 251 g/mol. The van der Waals surface area contributed by atoms with Crippen LogP contribution in [0.3, 0.4) is 0 Å². The zero-order chi connectivity index (χ0) is 12.2. The van der Waals surface area contributed by atoms with Crippen LogP contribution in [-0.2, 0) is 4.74 Å². The van der Waals surface area contributed by atoms with Crippen molar-refractivity contribution < 1.29 is 9.26 Å². The minimum Gasteiger partial charge on any atom is -0.381 e. The van der Waals surface area contributed by atoms with E-state index in [0.29, 0.717) is 5.92 Å². The first kappa shape index (κ1) is 12.1. The van der Waals surface area contributed by atoms with Crippen LogP contribution < -0.4 is 5.32 Å². The molecule has 1 aromatic rings. The molecular formula is C13H21N3O2. The Hall–Kier alpha value is -0.940. The molecule has 100 valence electrons. The third-order valence-corrected chi connectivity index (χ3v) is 3.90. The Morgan fingerprint density at radius 2 is 1.94 bits per heavy atom. The molecule has 1 aromatic heterocycles. The number of ether oxygens (including phenoxy) is 1. The maximum atomic E-state index is 5.44. The molecule has 0 aromatic carbocycles. The van der Waals surface area contributed by atoms with E-state index in [9.17, 15) is 0 Å². The number of rotatable bonds is 2. The normalized spacial score (nSPS) is 27.0. The van der Waals surface area contributed by atoms with E-state index in [1.807, 2.05) is 0 Å². The summed E-state index contributed by atoms with van der Waals surface area (Å²) in [6.45, 7) is 2.68. The van der Waals surface area contributed by atoms with Crippen molar-refractivity contribution in [3.8, 4) is 0 Å². The van der Waals surface area contributed by atoms with Crippen LogP contribution in [0.25, 0.3) is 0 Å². The van der Waals surface area contributed by atoms with E-state index in [1.54, 1.807) is 0 Å². The van der Waals surface area contributed by atoms with Crippen LogP contribution >= 0.6 is 0 Å². The van der Waals surface area contributed by atoms with Gasteiger partial charge in [0.15, 0.2) is 5.82 Å². The van der Waals surface area contributed by atoms with E-state index in [-0.39, 0.29) is 6.04 Å².